The van der Waals surface area contributed by atoms with Crippen molar-refractivity contribution in [2.75, 3.05) is 31.5 Å². The molecule has 172 valence electrons. The molecule has 9 heteroatoms. The first-order chi connectivity index (χ1) is 14.5. The van der Waals surface area contributed by atoms with Crippen molar-refractivity contribution in [2.45, 2.75) is 59.1 Å². The van der Waals surface area contributed by atoms with E-state index in [-0.39, 0.29) is 41.9 Å². The minimum Gasteiger partial charge on any atom is -0.444 e. The van der Waals surface area contributed by atoms with Gasteiger partial charge in [-0.2, -0.15) is 0 Å². The zero-order valence-corrected chi connectivity index (χ0v) is 19.1. The summed E-state index contributed by atoms with van der Waals surface area (Å²) in [5, 5.41) is 13.8. The molecule has 1 aliphatic rings. The van der Waals surface area contributed by atoms with Gasteiger partial charge in [-0.3, -0.25) is 19.8 Å². The second-order valence-electron chi connectivity index (χ2n) is 9.29. The molecule has 1 atom stereocenters. The van der Waals surface area contributed by atoms with Gasteiger partial charge in [-0.15, -0.1) is 0 Å². The van der Waals surface area contributed by atoms with Crippen LogP contribution in [0.15, 0.2) is 24.3 Å². The van der Waals surface area contributed by atoms with Gasteiger partial charge >= 0.3 is 6.09 Å². The monoisotopic (exact) mass is 434 g/mol. The lowest BCUT2D eigenvalue weighted by molar-refractivity contribution is -0.383. The third-order valence-electron chi connectivity index (χ3n) is 5.05. The van der Waals surface area contributed by atoms with Crippen molar-refractivity contribution in [1.82, 2.24) is 9.80 Å². The van der Waals surface area contributed by atoms with Crippen molar-refractivity contribution in [2.24, 2.45) is 5.92 Å². The van der Waals surface area contributed by atoms with Crippen molar-refractivity contribution >= 4 is 23.4 Å². The van der Waals surface area contributed by atoms with Gasteiger partial charge in [-0.25, -0.2) is 4.79 Å². The van der Waals surface area contributed by atoms with Crippen LogP contribution in [-0.4, -0.2) is 64.5 Å². The molecule has 1 fully saturated rings. The van der Waals surface area contributed by atoms with E-state index in [2.05, 4.69) is 5.32 Å². The molecule has 1 aromatic carbocycles. The number of hydrogen-bond acceptors (Lipinski definition) is 6. The lowest BCUT2D eigenvalue weighted by atomic mass is 9.97. The highest BCUT2D eigenvalue weighted by atomic mass is 16.6. The molecule has 2 amide bonds. The molecular weight excluding hydrogens is 400 g/mol. The van der Waals surface area contributed by atoms with Gasteiger partial charge in [0.15, 0.2) is 0 Å². The molecule has 9 nitrogen and oxygen atoms in total. The Hall–Kier alpha value is -2.68. The number of carbonyl (C=O) groups is 2. The van der Waals surface area contributed by atoms with Gasteiger partial charge in [-0.1, -0.05) is 12.1 Å². The Balaban J connectivity index is 1.95. The van der Waals surface area contributed by atoms with Crippen LogP contribution in [0, 0.1) is 16.0 Å². The lowest BCUT2D eigenvalue weighted by Gasteiger charge is -2.37. The normalized spacial score (nSPS) is 17.3. The van der Waals surface area contributed by atoms with E-state index in [9.17, 15) is 19.7 Å². The average Bonchev–Trinajstić information content (AvgIpc) is 2.65. The number of piperidine rings is 1. The van der Waals surface area contributed by atoms with Gasteiger partial charge in [-0.05, 0) is 66.0 Å². The summed E-state index contributed by atoms with van der Waals surface area (Å²) in [6.07, 6.45) is 1.56. The molecule has 0 aromatic heterocycles. The minimum absolute atomic E-state index is 0.00662. The summed E-state index contributed by atoms with van der Waals surface area (Å²) in [7, 11) is 0. The first-order valence-corrected chi connectivity index (χ1v) is 10.7. The van der Waals surface area contributed by atoms with Crippen LogP contribution in [0.5, 0.6) is 0 Å². The van der Waals surface area contributed by atoms with Crippen molar-refractivity contribution in [1.29, 1.82) is 0 Å². The Morgan fingerprint density at radius 1 is 1.32 bits per heavy atom. The first kappa shape index (κ1) is 24.6. The van der Waals surface area contributed by atoms with Gasteiger partial charge in [0.1, 0.15) is 11.3 Å². The SMILES string of the molecule is CC(C)N(CC1CCCN(CC(=O)Nc2ccccc2[N+](=O)[O-])C1)C(=O)OC(C)(C)C. The maximum absolute atomic E-state index is 12.6. The zero-order chi connectivity index (χ0) is 23.2. The Bertz CT molecular complexity index is 790. The van der Waals surface area contributed by atoms with E-state index in [0.717, 1.165) is 19.4 Å². The molecule has 1 aliphatic heterocycles. The molecular formula is C22H34N4O5. The van der Waals surface area contributed by atoms with Crippen molar-refractivity contribution in [3.05, 3.63) is 34.4 Å². The predicted molar refractivity (Wildman–Crippen MR) is 119 cm³/mol. The van der Waals surface area contributed by atoms with Crippen LogP contribution >= 0.6 is 0 Å². The summed E-state index contributed by atoms with van der Waals surface area (Å²) in [4.78, 5) is 39.5. The van der Waals surface area contributed by atoms with E-state index in [4.69, 9.17) is 4.74 Å². The molecule has 1 saturated heterocycles. The van der Waals surface area contributed by atoms with Gasteiger partial charge in [0.05, 0.1) is 11.5 Å². The highest BCUT2D eigenvalue weighted by Gasteiger charge is 2.29. The highest BCUT2D eigenvalue weighted by Crippen LogP contribution is 2.24. The second kappa shape index (κ2) is 10.6. The summed E-state index contributed by atoms with van der Waals surface area (Å²) < 4.78 is 5.55. The van der Waals surface area contributed by atoms with Crippen LogP contribution in [-0.2, 0) is 9.53 Å². The molecule has 0 bridgehead atoms. The van der Waals surface area contributed by atoms with Crippen LogP contribution in [0.4, 0.5) is 16.2 Å². The standard InChI is InChI=1S/C22H34N4O5/c1-16(2)25(21(28)31-22(3,4)5)14-17-9-8-12-24(13-17)15-20(27)23-18-10-6-7-11-19(18)26(29)30/h6-7,10-11,16-17H,8-9,12-15H2,1-5H3,(H,23,27). The van der Waals surface area contributed by atoms with Crippen LogP contribution in [0.1, 0.15) is 47.5 Å². The summed E-state index contributed by atoms with van der Waals surface area (Å²) in [6.45, 7) is 11.6. The third-order valence-corrected chi connectivity index (χ3v) is 5.05. The molecule has 1 heterocycles. The first-order valence-electron chi connectivity index (χ1n) is 10.7. The molecule has 0 spiro atoms. The van der Waals surface area contributed by atoms with E-state index >= 15 is 0 Å². The summed E-state index contributed by atoms with van der Waals surface area (Å²) in [5.41, 5.74) is -0.486. The van der Waals surface area contributed by atoms with Crippen molar-refractivity contribution in [3.63, 3.8) is 0 Å². The topological polar surface area (TPSA) is 105 Å². The van der Waals surface area contributed by atoms with Crippen molar-refractivity contribution in [3.8, 4) is 0 Å². The number of rotatable bonds is 7. The number of nitro benzene ring substituents is 1. The lowest BCUT2D eigenvalue weighted by Crippen LogP contribution is -2.48. The Labute approximate surface area is 183 Å². The Morgan fingerprint density at radius 3 is 2.61 bits per heavy atom. The molecule has 1 unspecified atom stereocenters. The molecule has 1 N–H and O–H groups in total. The fraction of sp³-hybridized carbons (Fsp3) is 0.636. The van der Waals surface area contributed by atoms with E-state index in [1.165, 1.54) is 12.1 Å². The number of likely N-dealkylation sites (tertiary alicyclic amines) is 1. The van der Waals surface area contributed by atoms with E-state index in [0.29, 0.717) is 13.1 Å². The van der Waals surface area contributed by atoms with Crippen LogP contribution in [0.2, 0.25) is 0 Å². The number of nitrogens with one attached hydrogen (secondary N) is 1. The number of anilines is 1. The summed E-state index contributed by atoms with van der Waals surface area (Å²) in [6, 6.07) is 6.11. The van der Waals surface area contributed by atoms with Gasteiger partial charge in [0, 0.05) is 25.2 Å². The number of benzene rings is 1. The highest BCUT2D eigenvalue weighted by molar-refractivity contribution is 5.94. The van der Waals surface area contributed by atoms with Gasteiger partial charge in [0.25, 0.3) is 5.69 Å². The molecule has 0 radical (unpaired) electrons. The molecule has 0 saturated carbocycles. The maximum atomic E-state index is 12.6. The number of nitrogens with zero attached hydrogens (tertiary/aromatic N) is 3. The Kier molecular flexibility index (Phi) is 8.38. The minimum atomic E-state index is -0.555. The van der Waals surface area contributed by atoms with E-state index in [1.54, 1.807) is 17.0 Å². The number of para-hydroxylation sites is 2. The van der Waals surface area contributed by atoms with Crippen LogP contribution in [0.25, 0.3) is 0 Å². The average molecular weight is 435 g/mol. The van der Waals surface area contributed by atoms with E-state index < -0.39 is 10.5 Å². The number of nitro groups is 1. The van der Waals surface area contributed by atoms with E-state index in [1.807, 2.05) is 39.5 Å². The largest absolute Gasteiger partial charge is 0.444 e. The summed E-state index contributed by atoms with van der Waals surface area (Å²) >= 11 is 0. The molecule has 2 rings (SSSR count). The number of amides is 2. The molecule has 1 aromatic rings. The fourth-order valence-corrected chi connectivity index (χ4v) is 3.67. The Morgan fingerprint density at radius 2 is 2.00 bits per heavy atom. The smallest absolute Gasteiger partial charge is 0.410 e. The third kappa shape index (κ3) is 7.82. The van der Waals surface area contributed by atoms with Gasteiger partial charge in [0.2, 0.25) is 5.91 Å². The van der Waals surface area contributed by atoms with Crippen molar-refractivity contribution < 1.29 is 19.2 Å². The van der Waals surface area contributed by atoms with Crippen LogP contribution in [0.3, 0.4) is 0 Å². The maximum Gasteiger partial charge on any atom is 0.410 e. The predicted octanol–water partition coefficient (Wildman–Crippen LogP) is 3.89. The summed E-state index contributed by atoms with van der Waals surface area (Å²) in [5.74, 6) is -0.0645. The van der Waals surface area contributed by atoms with Gasteiger partial charge < -0.3 is 15.0 Å². The number of hydrogen-bond donors (Lipinski definition) is 1. The van der Waals surface area contributed by atoms with Crippen LogP contribution < -0.4 is 5.32 Å². The number of carbonyl (C=O) groups excluding carboxylic acids is 2. The molecule has 0 aliphatic carbocycles. The quantitative estimate of drug-likeness (QED) is 0.516. The number of ether oxygens (including phenoxy) is 1. The molecule has 31 heavy (non-hydrogen) atoms. The second-order valence-corrected chi connectivity index (χ2v) is 9.29. The fourth-order valence-electron chi connectivity index (χ4n) is 3.67. The zero-order valence-electron chi connectivity index (χ0n) is 19.1.